The third-order valence-corrected chi connectivity index (χ3v) is 4.43. The molecular formula is C19H24N4O3. The summed E-state index contributed by atoms with van der Waals surface area (Å²) in [6.07, 6.45) is 4.46. The van der Waals surface area contributed by atoms with Gasteiger partial charge in [-0.15, -0.1) is 0 Å². The first-order valence-corrected chi connectivity index (χ1v) is 8.84. The number of ether oxygens (including phenoxy) is 2. The Kier molecular flexibility index (Phi) is 5.55. The van der Waals surface area contributed by atoms with E-state index in [0.717, 1.165) is 36.3 Å². The topological polar surface area (TPSA) is 78.3 Å². The van der Waals surface area contributed by atoms with Crippen LogP contribution in [-0.2, 0) is 9.53 Å². The summed E-state index contributed by atoms with van der Waals surface area (Å²) in [6, 6.07) is 7.20. The zero-order valence-corrected chi connectivity index (χ0v) is 15.4. The summed E-state index contributed by atoms with van der Waals surface area (Å²) in [5.41, 5.74) is 2.19. The van der Waals surface area contributed by atoms with Crippen molar-refractivity contribution in [1.82, 2.24) is 14.8 Å². The molecule has 2 heterocycles. The molecule has 0 radical (unpaired) electrons. The molecule has 138 valence electrons. The Bertz CT molecular complexity index is 795. The van der Waals surface area contributed by atoms with Gasteiger partial charge in [0.25, 0.3) is 0 Å². The molecule has 26 heavy (non-hydrogen) atoms. The number of nitrogens with one attached hydrogen (secondary N) is 1. The molecule has 0 fully saturated rings. The lowest BCUT2D eigenvalue weighted by Gasteiger charge is -2.28. The Hall–Kier alpha value is -2.83. The number of aromatic nitrogens is 3. The van der Waals surface area contributed by atoms with Gasteiger partial charge in [-0.25, -0.2) is 9.48 Å². The van der Waals surface area contributed by atoms with Crippen LogP contribution in [0.4, 0.5) is 5.95 Å². The van der Waals surface area contributed by atoms with Crippen molar-refractivity contribution in [1.29, 1.82) is 0 Å². The van der Waals surface area contributed by atoms with Gasteiger partial charge in [0.05, 0.1) is 19.3 Å². The predicted molar refractivity (Wildman–Crippen MR) is 98.0 cm³/mol. The van der Waals surface area contributed by atoms with E-state index in [-0.39, 0.29) is 5.97 Å². The number of unbranched alkanes of at least 4 members (excludes halogenated alkanes) is 2. The molecule has 1 aromatic heterocycles. The second-order valence-electron chi connectivity index (χ2n) is 6.21. The first kappa shape index (κ1) is 18.0. The maximum atomic E-state index is 12.8. The van der Waals surface area contributed by atoms with Gasteiger partial charge in [0, 0.05) is 5.70 Å². The van der Waals surface area contributed by atoms with Gasteiger partial charge in [-0.2, -0.15) is 10.1 Å². The van der Waals surface area contributed by atoms with Gasteiger partial charge in [0.1, 0.15) is 18.1 Å². The van der Waals surface area contributed by atoms with Crippen LogP contribution in [0.15, 0.2) is 41.9 Å². The Morgan fingerprint density at radius 2 is 2.04 bits per heavy atom. The lowest BCUT2D eigenvalue weighted by atomic mass is 9.96. The van der Waals surface area contributed by atoms with Crippen molar-refractivity contribution in [2.45, 2.75) is 39.2 Å². The van der Waals surface area contributed by atoms with E-state index in [9.17, 15) is 4.79 Å². The van der Waals surface area contributed by atoms with E-state index in [2.05, 4.69) is 22.3 Å². The van der Waals surface area contributed by atoms with Gasteiger partial charge in [0.15, 0.2) is 0 Å². The molecule has 1 N–H and O–H groups in total. The molecule has 0 saturated carbocycles. The fourth-order valence-electron chi connectivity index (χ4n) is 3.04. The maximum absolute atomic E-state index is 12.8. The first-order chi connectivity index (χ1) is 12.7. The number of anilines is 1. The molecule has 1 atom stereocenters. The van der Waals surface area contributed by atoms with Crippen LogP contribution in [0.2, 0.25) is 0 Å². The van der Waals surface area contributed by atoms with Crippen molar-refractivity contribution >= 4 is 11.9 Å². The predicted octanol–water partition coefficient (Wildman–Crippen LogP) is 3.31. The fourth-order valence-corrected chi connectivity index (χ4v) is 3.04. The average molecular weight is 356 g/mol. The number of benzene rings is 1. The number of hydrogen-bond acceptors (Lipinski definition) is 6. The van der Waals surface area contributed by atoms with Crippen molar-refractivity contribution in [2.24, 2.45) is 0 Å². The maximum Gasteiger partial charge on any atom is 0.338 e. The Balaban J connectivity index is 1.92. The van der Waals surface area contributed by atoms with Gasteiger partial charge in [-0.1, -0.05) is 31.9 Å². The molecule has 3 rings (SSSR count). The third-order valence-electron chi connectivity index (χ3n) is 4.43. The SMILES string of the molecule is CCCCCOC(=O)C1=C(C)Nc2ncnn2[C@H]1c1ccc(OC)cc1. The van der Waals surface area contributed by atoms with Gasteiger partial charge >= 0.3 is 5.97 Å². The largest absolute Gasteiger partial charge is 0.497 e. The summed E-state index contributed by atoms with van der Waals surface area (Å²) >= 11 is 0. The number of carbonyl (C=O) groups excluding carboxylic acids is 1. The highest BCUT2D eigenvalue weighted by molar-refractivity contribution is 5.92. The fraction of sp³-hybridized carbons (Fsp3) is 0.421. The minimum absolute atomic E-state index is 0.326. The van der Waals surface area contributed by atoms with E-state index in [1.807, 2.05) is 31.2 Å². The van der Waals surface area contributed by atoms with E-state index in [1.54, 1.807) is 11.8 Å². The number of methoxy groups -OCH3 is 1. The Morgan fingerprint density at radius 1 is 1.27 bits per heavy atom. The lowest BCUT2D eigenvalue weighted by molar-refractivity contribution is -0.139. The van der Waals surface area contributed by atoms with Crippen LogP contribution < -0.4 is 10.1 Å². The summed E-state index contributed by atoms with van der Waals surface area (Å²) in [5, 5.41) is 7.44. The highest BCUT2D eigenvalue weighted by Crippen LogP contribution is 2.35. The summed E-state index contributed by atoms with van der Waals surface area (Å²) in [4.78, 5) is 17.0. The molecule has 2 aromatic rings. The summed E-state index contributed by atoms with van der Waals surface area (Å²) in [5.74, 6) is 1.03. The molecule has 1 aromatic carbocycles. The molecule has 0 unspecified atom stereocenters. The van der Waals surface area contributed by atoms with Crippen LogP contribution in [-0.4, -0.2) is 34.5 Å². The standard InChI is InChI=1S/C19H24N4O3/c1-4-5-6-11-26-18(24)16-13(2)22-19-20-12-21-23(19)17(16)14-7-9-15(25-3)10-8-14/h7-10,12,17H,4-6,11H2,1-3H3,(H,20,21,22)/t17-/m0/s1. The molecule has 0 amide bonds. The Morgan fingerprint density at radius 3 is 2.73 bits per heavy atom. The number of carbonyl (C=O) groups is 1. The molecular weight excluding hydrogens is 332 g/mol. The molecule has 0 spiro atoms. The van der Waals surface area contributed by atoms with Gasteiger partial charge in [0.2, 0.25) is 5.95 Å². The van der Waals surface area contributed by atoms with E-state index in [0.29, 0.717) is 18.1 Å². The molecule has 0 bridgehead atoms. The van der Waals surface area contributed by atoms with Crippen LogP contribution in [0.25, 0.3) is 0 Å². The van der Waals surface area contributed by atoms with Gasteiger partial charge in [-0.05, 0) is 31.0 Å². The van der Waals surface area contributed by atoms with Gasteiger partial charge in [-0.3, -0.25) is 0 Å². The number of nitrogens with zero attached hydrogens (tertiary/aromatic N) is 3. The summed E-state index contributed by atoms with van der Waals surface area (Å²) < 4.78 is 12.5. The summed E-state index contributed by atoms with van der Waals surface area (Å²) in [6.45, 7) is 4.39. The number of fused-ring (bicyclic) bond motifs is 1. The number of esters is 1. The van der Waals surface area contributed by atoms with E-state index >= 15 is 0 Å². The highest BCUT2D eigenvalue weighted by Gasteiger charge is 2.34. The van der Waals surface area contributed by atoms with Crippen LogP contribution in [0, 0.1) is 0 Å². The second kappa shape index (κ2) is 8.03. The Labute approximate surface area is 153 Å². The molecule has 1 aliphatic rings. The summed E-state index contributed by atoms with van der Waals surface area (Å²) in [7, 11) is 1.62. The van der Waals surface area contributed by atoms with E-state index < -0.39 is 6.04 Å². The molecule has 7 heteroatoms. The van der Waals surface area contributed by atoms with Crippen molar-refractivity contribution in [3.8, 4) is 5.75 Å². The zero-order valence-electron chi connectivity index (χ0n) is 15.4. The highest BCUT2D eigenvalue weighted by atomic mass is 16.5. The third kappa shape index (κ3) is 3.56. The minimum atomic E-state index is -0.390. The van der Waals surface area contributed by atoms with Crippen molar-refractivity contribution in [3.05, 3.63) is 47.4 Å². The van der Waals surface area contributed by atoms with Crippen LogP contribution in [0.1, 0.15) is 44.7 Å². The molecule has 1 aliphatic heterocycles. The number of hydrogen-bond donors (Lipinski definition) is 1. The zero-order chi connectivity index (χ0) is 18.5. The lowest BCUT2D eigenvalue weighted by Crippen LogP contribution is -2.29. The van der Waals surface area contributed by atoms with Crippen molar-refractivity contribution < 1.29 is 14.3 Å². The molecule has 7 nitrogen and oxygen atoms in total. The monoisotopic (exact) mass is 356 g/mol. The molecule has 0 saturated heterocycles. The number of allylic oxidation sites excluding steroid dienone is 1. The number of rotatable bonds is 7. The quantitative estimate of drug-likeness (QED) is 0.606. The normalized spacial score (nSPS) is 16.0. The van der Waals surface area contributed by atoms with Crippen LogP contribution in [0.3, 0.4) is 0 Å². The first-order valence-electron chi connectivity index (χ1n) is 8.84. The second-order valence-corrected chi connectivity index (χ2v) is 6.21. The van der Waals surface area contributed by atoms with Crippen molar-refractivity contribution in [2.75, 3.05) is 19.0 Å². The smallest absolute Gasteiger partial charge is 0.338 e. The average Bonchev–Trinajstić information content (AvgIpc) is 3.12. The van der Waals surface area contributed by atoms with E-state index in [1.165, 1.54) is 6.33 Å². The van der Waals surface area contributed by atoms with Crippen molar-refractivity contribution in [3.63, 3.8) is 0 Å². The minimum Gasteiger partial charge on any atom is -0.497 e. The van der Waals surface area contributed by atoms with E-state index in [4.69, 9.17) is 9.47 Å². The van der Waals surface area contributed by atoms with Crippen LogP contribution >= 0.6 is 0 Å². The van der Waals surface area contributed by atoms with Gasteiger partial charge < -0.3 is 14.8 Å². The molecule has 0 aliphatic carbocycles. The van der Waals surface area contributed by atoms with Crippen LogP contribution in [0.5, 0.6) is 5.75 Å².